The number of benzene rings is 1. The molecule has 20 heavy (non-hydrogen) atoms. The average molecular weight is 314 g/mol. The van der Waals surface area contributed by atoms with E-state index in [9.17, 15) is 0 Å². The molecule has 110 valence electrons. The number of fused-ring (bicyclic) bond motifs is 2. The third-order valence-electron chi connectivity index (χ3n) is 4.73. The minimum Gasteiger partial charge on any atom is -0.381 e. The van der Waals surface area contributed by atoms with Gasteiger partial charge in [-0.05, 0) is 49.8 Å². The fourth-order valence-electron chi connectivity index (χ4n) is 3.75. The van der Waals surface area contributed by atoms with Gasteiger partial charge in [0.2, 0.25) is 0 Å². The molecule has 2 aliphatic heterocycles. The molecule has 0 saturated carbocycles. The van der Waals surface area contributed by atoms with Crippen LogP contribution in [0.5, 0.6) is 0 Å². The maximum Gasteiger partial charge on any atom is 0.0595 e. The first kappa shape index (κ1) is 14.6. The molecule has 0 spiro atoms. The second-order valence-electron chi connectivity index (χ2n) is 5.89. The molecule has 3 rings (SSSR count). The van der Waals surface area contributed by atoms with Crippen LogP contribution in [0.4, 0.5) is 0 Å². The number of hydrogen-bond donors (Lipinski definition) is 1. The highest BCUT2D eigenvalue weighted by Gasteiger charge is 2.42. The average Bonchev–Trinajstić information content (AvgIpc) is 2.83. The van der Waals surface area contributed by atoms with Crippen molar-refractivity contribution in [3.8, 4) is 0 Å². The van der Waals surface area contributed by atoms with Gasteiger partial charge in [0.25, 0.3) is 0 Å². The van der Waals surface area contributed by atoms with E-state index >= 15 is 0 Å². The van der Waals surface area contributed by atoms with Crippen molar-refractivity contribution in [2.75, 3.05) is 13.2 Å². The van der Waals surface area contributed by atoms with E-state index in [0.29, 0.717) is 34.0 Å². The standard InChI is InChI=1S/C16H21Cl2NO/c1-2-20-9-13-12(8-11-4-6-16(13)19-11)10-3-5-14(17)15(18)7-10/h3,5,7,11-13,16,19H,2,4,6,8-9H2,1H3/t11-,12+,13+,16+/m0/s1. The van der Waals surface area contributed by atoms with Gasteiger partial charge >= 0.3 is 0 Å². The monoisotopic (exact) mass is 313 g/mol. The molecule has 4 atom stereocenters. The first-order valence-corrected chi connectivity index (χ1v) is 8.23. The quantitative estimate of drug-likeness (QED) is 0.897. The molecule has 0 amide bonds. The molecule has 2 heterocycles. The summed E-state index contributed by atoms with van der Waals surface area (Å²) in [6, 6.07) is 7.32. The van der Waals surface area contributed by atoms with Crippen LogP contribution < -0.4 is 5.32 Å². The Labute approximate surface area is 130 Å². The third kappa shape index (κ3) is 2.85. The van der Waals surface area contributed by atoms with Crippen molar-refractivity contribution >= 4 is 23.2 Å². The van der Waals surface area contributed by atoms with E-state index in [1.165, 1.54) is 24.8 Å². The lowest BCUT2D eigenvalue weighted by Crippen LogP contribution is -2.46. The lowest BCUT2D eigenvalue weighted by Gasteiger charge is -2.38. The van der Waals surface area contributed by atoms with Gasteiger partial charge in [0, 0.05) is 24.6 Å². The third-order valence-corrected chi connectivity index (χ3v) is 5.47. The van der Waals surface area contributed by atoms with Gasteiger partial charge in [-0.25, -0.2) is 0 Å². The molecule has 2 nitrogen and oxygen atoms in total. The zero-order chi connectivity index (χ0) is 14.1. The first-order chi connectivity index (χ1) is 9.69. The van der Waals surface area contributed by atoms with Gasteiger partial charge in [-0.15, -0.1) is 0 Å². The van der Waals surface area contributed by atoms with Crippen LogP contribution in [0.1, 0.15) is 37.7 Å². The summed E-state index contributed by atoms with van der Waals surface area (Å²) in [5.74, 6) is 1.06. The molecular weight excluding hydrogens is 293 g/mol. The van der Waals surface area contributed by atoms with E-state index in [1.807, 2.05) is 12.1 Å². The van der Waals surface area contributed by atoms with Crippen molar-refractivity contribution in [3.63, 3.8) is 0 Å². The summed E-state index contributed by atoms with van der Waals surface area (Å²) < 4.78 is 5.73. The molecule has 1 aromatic carbocycles. The van der Waals surface area contributed by atoms with Gasteiger partial charge in [0.05, 0.1) is 16.7 Å². The Morgan fingerprint density at radius 3 is 2.85 bits per heavy atom. The molecule has 4 heteroatoms. The highest BCUT2D eigenvalue weighted by Crippen LogP contribution is 2.42. The zero-order valence-corrected chi connectivity index (χ0v) is 13.3. The first-order valence-electron chi connectivity index (χ1n) is 7.47. The van der Waals surface area contributed by atoms with Crippen LogP contribution >= 0.6 is 23.2 Å². The summed E-state index contributed by atoms with van der Waals surface area (Å²) in [6.45, 7) is 3.66. The van der Waals surface area contributed by atoms with Crippen molar-refractivity contribution in [3.05, 3.63) is 33.8 Å². The molecular formula is C16H21Cl2NO. The second kappa shape index (κ2) is 6.23. The van der Waals surface area contributed by atoms with E-state index in [4.69, 9.17) is 27.9 Å². The summed E-state index contributed by atoms with van der Waals surface area (Å²) in [5.41, 5.74) is 1.31. The van der Waals surface area contributed by atoms with Crippen molar-refractivity contribution in [1.29, 1.82) is 0 Å². The van der Waals surface area contributed by atoms with Gasteiger partial charge in [-0.3, -0.25) is 0 Å². The summed E-state index contributed by atoms with van der Waals surface area (Å²) >= 11 is 12.2. The van der Waals surface area contributed by atoms with Crippen LogP contribution in [-0.2, 0) is 4.74 Å². The minimum absolute atomic E-state index is 0.523. The number of ether oxygens (including phenoxy) is 1. The number of halogens is 2. The highest BCUT2D eigenvalue weighted by molar-refractivity contribution is 6.42. The molecule has 0 unspecified atom stereocenters. The molecule has 0 aromatic heterocycles. The Balaban J connectivity index is 1.85. The van der Waals surface area contributed by atoms with Gasteiger partial charge < -0.3 is 10.1 Å². The number of hydrogen-bond acceptors (Lipinski definition) is 2. The van der Waals surface area contributed by atoms with Crippen molar-refractivity contribution in [1.82, 2.24) is 5.32 Å². The van der Waals surface area contributed by atoms with Crippen LogP contribution in [-0.4, -0.2) is 25.3 Å². The Hall–Kier alpha value is -0.280. The van der Waals surface area contributed by atoms with Crippen LogP contribution in [0.3, 0.4) is 0 Å². The van der Waals surface area contributed by atoms with Crippen molar-refractivity contribution in [2.45, 2.75) is 44.2 Å². The largest absolute Gasteiger partial charge is 0.381 e. The van der Waals surface area contributed by atoms with Gasteiger partial charge in [0.1, 0.15) is 0 Å². The summed E-state index contributed by atoms with van der Waals surface area (Å²) in [6.07, 6.45) is 3.72. The summed E-state index contributed by atoms with van der Waals surface area (Å²) in [5, 5.41) is 5.03. The van der Waals surface area contributed by atoms with Gasteiger partial charge in [0.15, 0.2) is 0 Å². The number of nitrogens with one attached hydrogen (secondary N) is 1. The summed E-state index contributed by atoms with van der Waals surface area (Å²) in [7, 11) is 0. The normalized spacial score (nSPS) is 32.5. The van der Waals surface area contributed by atoms with Gasteiger partial charge in [-0.1, -0.05) is 29.3 Å². The maximum absolute atomic E-state index is 6.19. The lowest BCUT2D eigenvalue weighted by molar-refractivity contribution is 0.0723. The predicted octanol–water partition coefficient (Wildman–Crippen LogP) is 4.25. The van der Waals surface area contributed by atoms with Gasteiger partial charge in [-0.2, -0.15) is 0 Å². The number of rotatable bonds is 4. The fourth-order valence-corrected chi connectivity index (χ4v) is 4.05. The SMILES string of the molecule is CCOC[C@@H]1[C@@H](c2ccc(Cl)c(Cl)c2)C[C@@H]2CC[C@H]1N2. The minimum atomic E-state index is 0.523. The van der Waals surface area contributed by atoms with Crippen LogP contribution in [0.2, 0.25) is 10.0 Å². The van der Waals surface area contributed by atoms with Crippen LogP contribution in [0.15, 0.2) is 18.2 Å². The van der Waals surface area contributed by atoms with E-state index in [-0.39, 0.29) is 0 Å². The zero-order valence-electron chi connectivity index (χ0n) is 11.7. The molecule has 2 aliphatic rings. The molecule has 0 radical (unpaired) electrons. The maximum atomic E-state index is 6.19. The Morgan fingerprint density at radius 1 is 1.25 bits per heavy atom. The molecule has 0 aliphatic carbocycles. The highest BCUT2D eigenvalue weighted by atomic mass is 35.5. The smallest absolute Gasteiger partial charge is 0.0595 e. The summed E-state index contributed by atoms with van der Waals surface area (Å²) in [4.78, 5) is 0. The Bertz CT molecular complexity index is 480. The van der Waals surface area contributed by atoms with Crippen LogP contribution in [0, 0.1) is 5.92 Å². The molecule has 2 saturated heterocycles. The van der Waals surface area contributed by atoms with E-state index in [1.54, 1.807) is 0 Å². The van der Waals surface area contributed by atoms with E-state index in [2.05, 4.69) is 18.3 Å². The second-order valence-corrected chi connectivity index (χ2v) is 6.70. The Kier molecular flexibility index (Phi) is 4.56. The number of piperidine rings is 1. The fraction of sp³-hybridized carbons (Fsp3) is 0.625. The molecule has 1 N–H and O–H groups in total. The molecule has 1 aromatic rings. The van der Waals surface area contributed by atoms with E-state index < -0.39 is 0 Å². The Morgan fingerprint density at radius 2 is 2.10 bits per heavy atom. The van der Waals surface area contributed by atoms with Crippen molar-refractivity contribution in [2.24, 2.45) is 5.92 Å². The van der Waals surface area contributed by atoms with E-state index in [0.717, 1.165) is 13.2 Å². The predicted molar refractivity (Wildman–Crippen MR) is 83.7 cm³/mol. The van der Waals surface area contributed by atoms with Crippen LogP contribution in [0.25, 0.3) is 0 Å². The topological polar surface area (TPSA) is 21.3 Å². The van der Waals surface area contributed by atoms with Crippen molar-refractivity contribution < 1.29 is 4.74 Å². The molecule has 2 bridgehead atoms. The lowest BCUT2D eigenvalue weighted by atomic mass is 9.77. The molecule has 2 fully saturated rings.